The van der Waals surface area contributed by atoms with Crippen LogP contribution in [0.4, 0.5) is 10.1 Å². The summed E-state index contributed by atoms with van der Waals surface area (Å²) in [5.74, 6) is -0.900. The van der Waals surface area contributed by atoms with E-state index in [1.54, 1.807) is 0 Å². The third-order valence-corrected chi connectivity index (χ3v) is 6.99. The van der Waals surface area contributed by atoms with Gasteiger partial charge < -0.3 is 5.32 Å². The van der Waals surface area contributed by atoms with E-state index < -0.39 is 21.7 Å². The van der Waals surface area contributed by atoms with Crippen molar-refractivity contribution in [2.45, 2.75) is 11.3 Å². The number of amides is 1. The molecule has 5 nitrogen and oxygen atoms in total. The molecule has 8 heteroatoms. The normalized spacial score (nSPS) is 11.1. The fourth-order valence-electron chi connectivity index (χ4n) is 3.10. The highest BCUT2D eigenvalue weighted by atomic mass is 35.5. The van der Waals surface area contributed by atoms with Crippen LogP contribution >= 0.6 is 11.6 Å². The number of sulfonamides is 1. The number of hydrogen-bond donors (Lipinski definition) is 1. The standard InChI is InChI=1S/C24H22ClFN2O3S/c1-2-16-28(21-11-9-20(26)10-12-21)32(30,31)23-17-19(8-13-22(23)25)24(29)27-15-14-18-6-4-3-5-7-18/h2-13,17H,1,14-16H2,(H,27,29). The van der Waals surface area contributed by atoms with Gasteiger partial charge in [-0.25, -0.2) is 12.8 Å². The van der Waals surface area contributed by atoms with Crippen LogP contribution in [-0.4, -0.2) is 27.4 Å². The van der Waals surface area contributed by atoms with E-state index in [9.17, 15) is 17.6 Å². The van der Waals surface area contributed by atoms with Crippen LogP contribution in [0.15, 0.2) is 90.3 Å². The zero-order valence-corrected chi connectivity index (χ0v) is 18.7. The lowest BCUT2D eigenvalue weighted by Crippen LogP contribution is -2.32. The van der Waals surface area contributed by atoms with Gasteiger partial charge in [0.25, 0.3) is 15.9 Å². The molecule has 3 rings (SSSR count). The van der Waals surface area contributed by atoms with E-state index in [2.05, 4.69) is 11.9 Å². The molecule has 3 aromatic rings. The molecular weight excluding hydrogens is 451 g/mol. The van der Waals surface area contributed by atoms with Crippen molar-refractivity contribution in [3.63, 3.8) is 0 Å². The Kier molecular flexibility index (Phi) is 7.66. The van der Waals surface area contributed by atoms with Crippen LogP contribution in [0.2, 0.25) is 5.02 Å². The highest BCUT2D eigenvalue weighted by molar-refractivity contribution is 7.93. The average Bonchev–Trinajstić information content (AvgIpc) is 2.79. The monoisotopic (exact) mass is 472 g/mol. The van der Waals surface area contributed by atoms with Gasteiger partial charge >= 0.3 is 0 Å². The molecule has 0 aliphatic carbocycles. The molecule has 0 fully saturated rings. The van der Waals surface area contributed by atoms with Gasteiger partial charge in [-0.1, -0.05) is 48.0 Å². The Balaban J connectivity index is 1.84. The smallest absolute Gasteiger partial charge is 0.266 e. The van der Waals surface area contributed by atoms with Crippen LogP contribution in [0.5, 0.6) is 0 Å². The number of rotatable bonds is 9. The van der Waals surface area contributed by atoms with Gasteiger partial charge in [0, 0.05) is 12.1 Å². The number of hydrogen-bond acceptors (Lipinski definition) is 3. The first-order chi connectivity index (χ1) is 15.3. The predicted octanol–water partition coefficient (Wildman–Crippen LogP) is 4.83. The van der Waals surface area contributed by atoms with Gasteiger partial charge in [-0.05, 0) is 54.4 Å². The number of halogens is 2. The number of anilines is 1. The van der Waals surface area contributed by atoms with E-state index in [-0.39, 0.29) is 27.7 Å². The van der Waals surface area contributed by atoms with Crippen molar-refractivity contribution in [2.24, 2.45) is 0 Å². The molecule has 0 saturated carbocycles. The molecule has 0 bridgehead atoms. The predicted molar refractivity (Wildman–Crippen MR) is 125 cm³/mol. The van der Waals surface area contributed by atoms with Crippen molar-refractivity contribution in [2.75, 3.05) is 17.4 Å². The van der Waals surface area contributed by atoms with Gasteiger partial charge in [0.15, 0.2) is 0 Å². The van der Waals surface area contributed by atoms with Crippen molar-refractivity contribution >= 4 is 33.2 Å². The zero-order valence-electron chi connectivity index (χ0n) is 17.2. The van der Waals surface area contributed by atoms with Gasteiger partial charge in [0.2, 0.25) is 0 Å². The molecular formula is C24H22ClFN2O3S. The molecule has 0 saturated heterocycles. The largest absolute Gasteiger partial charge is 0.352 e. The maximum Gasteiger partial charge on any atom is 0.266 e. The van der Waals surface area contributed by atoms with Crippen molar-refractivity contribution in [3.05, 3.63) is 107 Å². The molecule has 0 radical (unpaired) electrons. The number of benzene rings is 3. The zero-order chi connectivity index (χ0) is 23.1. The molecule has 0 aliphatic rings. The lowest BCUT2D eigenvalue weighted by molar-refractivity contribution is 0.0954. The Morgan fingerprint density at radius 3 is 2.41 bits per heavy atom. The average molecular weight is 473 g/mol. The third-order valence-electron chi connectivity index (χ3n) is 4.71. The topological polar surface area (TPSA) is 66.5 Å². The minimum Gasteiger partial charge on any atom is -0.352 e. The van der Waals surface area contributed by atoms with Crippen LogP contribution in [0.1, 0.15) is 15.9 Å². The second-order valence-electron chi connectivity index (χ2n) is 6.94. The van der Waals surface area contributed by atoms with Crippen molar-refractivity contribution in [1.29, 1.82) is 0 Å². The number of nitrogens with zero attached hydrogens (tertiary/aromatic N) is 1. The van der Waals surface area contributed by atoms with E-state index in [0.717, 1.165) is 9.87 Å². The maximum absolute atomic E-state index is 13.4. The highest BCUT2D eigenvalue weighted by Crippen LogP contribution is 2.29. The van der Waals surface area contributed by atoms with Crippen LogP contribution in [0.3, 0.4) is 0 Å². The Morgan fingerprint density at radius 1 is 1.06 bits per heavy atom. The summed E-state index contributed by atoms with van der Waals surface area (Å²) in [6, 6.07) is 18.8. The van der Waals surface area contributed by atoms with Crippen LogP contribution in [-0.2, 0) is 16.4 Å². The van der Waals surface area contributed by atoms with Gasteiger partial charge in [0.05, 0.1) is 17.3 Å². The van der Waals surface area contributed by atoms with Crippen molar-refractivity contribution in [3.8, 4) is 0 Å². The number of carbonyl (C=O) groups excluding carboxylic acids is 1. The summed E-state index contributed by atoms with van der Waals surface area (Å²) in [5.41, 5.74) is 1.49. The molecule has 0 aliphatic heterocycles. The summed E-state index contributed by atoms with van der Waals surface area (Å²) in [4.78, 5) is 12.4. The van der Waals surface area contributed by atoms with Crippen molar-refractivity contribution < 1.29 is 17.6 Å². The first-order valence-corrected chi connectivity index (χ1v) is 11.7. The SMILES string of the molecule is C=CCN(c1ccc(F)cc1)S(=O)(=O)c1cc(C(=O)NCCc2ccccc2)ccc1Cl. The van der Waals surface area contributed by atoms with Gasteiger partial charge in [-0.15, -0.1) is 6.58 Å². The van der Waals surface area contributed by atoms with Crippen LogP contribution < -0.4 is 9.62 Å². The second kappa shape index (κ2) is 10.4. The Bertz CT molecular complexity index is 1200. The van der Waals surface area contributed by atoms with Gasteiger partial charge in [-0.2, -0.15) is 0 Å². The highest BCUT2D eigenvalue weighted by Gasteiger charge is 2.27. The minimum atomic E-state index is -4.15. The third kappa shape index (κ3) is 5.55. The molecule has 0 unspecified atom stereocenters. The molecule has 32 heavy (non-hydrogen) atoms. The summed E-state index contributed by atoms with van der Waals surface area (Å²) in [5, 5.41) is 2.76. The first kappa shape index (κ1) is 23.5. The molecule has 3 aromatic carbocycles. The molecule has 1 amide bonds. The summed E-state index contributed by atoms with van der Waals surface area (Å²) in [6.07, 6.45) is 2.05. The summed E-state index contributed by atoms with van der Waals surface area (Å²) in [7, 11) is -4.15. The molecule has 0 aromatic heterocycles. The first-order valence-electron chi connectivity index (χ1n) is 9.84. The molecule has 0 heterocycles. The Labute approximate surface area is 192 Å². The second-order valence-corrected chi connectivity index (χ2v) is 9.18. The van der Waals surface area contributed by atoms with Gasteiger partial charge in [-0.3, -0.25) is 9.10 Å². The summed E-state index contributed by atoms with van der Waals surface area (Å²) in [6.45, 7) is 3.94. The van der Waals surface area contributed by atoms with E-state index in [0.29, 0.717) is 13.0 Å². The Morgan fingerprint density at radius 2 is 1.75 bits per heavy atom. The number of nitrogens with one attached hydrogen (secondary N) is 1. The summed E-state index contributed by atoms with van der Waals surface area (Å²) >= 11 is 6.20. The van der Waals surface area contributed by atoms with Crippen LogP contribution in [0.25, 0.3) is 0 Å². The molecule has 1 N–H and O–H groups in total. The lowest BCUT2D eigenvalue weighted by Gasteiger charge is -2.24. The van der Waals surface area contributed by atoms with Crippen LogP contribution in [0, 0.1) is 5.82 Å². The molecule has 0 atom stereocenters. The number of carbonyl (C=O) groups is 1. The fraction of sp³-hybridized carbons (Fsp3) is 0.125. The van der Waals surface area contributed by atoms with Gasteiger partial charge in [0.1, 0.15) is 10.7 Å². The maximum atomic E-state index is 13.4. The quantitative estimate of drug-likeness (QED) is 0.453. The summed E-state index contributed by atoms with van der Waals surface area (Å²) < 4.78 is 41.1. The Hall–Kier alpha value is -3.16. The minimum absolute atomic E-state index is 0.0259. The van der Waals surface area contributed by atoms with E-state index in [4.69, 9.17) is 11.6 Å². The lowest BCUT2D eigenvalue weighted by atomic mass is 10.1. The fourth-order valence-corrected chi connectivity index (χ4v) is 5.03. The van der Waals surface area contributed by atoms with E-state index in [1.165, 1.54) is 48.5 Å². The van der Waals surface area contributed by atoms with E-state index in [1.807, 2.05) is 30.3 Å². The van der Waals surface area contributed by atoms with E-state index >= 15 is 0 Å². The molecule has 0 spiro atoms. The molecule has 166 valence electrons. The van der Waals surface area contributed by atoms with Crippen molar-refractivity contribution in [1.82, 2.24) is 5.32 Å².